The Morgan fingerprint density at radius 2 is 1.88 bits per heavy atom. The second kappa shape index (κ2) is 6.79. The molecule has 0 N–H and O–H groups in total. The van der Waals surface area contributed by atoms with E-state index in [0.717, 1.165) is 37.0 Å². The lowest BCUT2D eigenvalue weighted by Crippen LogP contribution is -1.91. The van der Waals surface area contributed by atoms with Crippen LogP contribution in [0, 0.1) is 23.0 Å². The Bertz CT molecular complexity index is 902. The number of aromatic nitrogens is 1. The van der Waals surface area contributed by atoms with Gasteiger partial charge in [0.05, 0.1) is 0 Å². The van der Waals surface area contributed by atoms with E-state index in [2.05, 4.69) is 11.9 Å². The monoisotopic (exact) mass is 326 g/mol. The SMILES string of the molecule is CCCCCc1ccc2oc(-c3cc(F)c(C#N)c(F)c3)nc2c1. The lowest BCUT2D eigenvalue weighted by molar-refractivity contribution is 0.572. The second-order valence-electron chi connectivity index (χ2n) is 5.70. The standard InChI is InChI=1S/C19H16F2N2O/c1-2-3-4-5-12-6-7-18-17(8-12)23-19(24-18)13-9-15(20)14(11-22)16(21)10-13/h6-10H,2-5H2,1H3. The average molecular weight is 326 g/mol. The average Bonchev–Trinajstić information content (AvgIpc) is 2.98. The van der Waals surface area contributed by atoms with Crippen molar-refractivity contribution in [1.82, 2.24) is 4.98 Å². The summed E-state index contributed by atoms with van der Waals surface area (Å²) in [5.74, 6) is -1.71. The molecule has 0 spiro atoms. The molecule has 0 aliphatic carbocycles. The Morgan fingerprint density at radius 1 is 1.12 bits per heavy atom. The summed E-state index contributed by atoms with van der Waals surface area (Å²) >= 11 is 0. The van der Waals surface area contributed by atoms with Crippen LogP contribution in [0.5, 0.6) is 0 Å². The number of nitriles is 1. The van der Waals surface area contributed by atoms with Crippen LogP contribution >= 0.6 is 0 Å². The van der Waals surface area contributed by atoms with Crippen LogP contribution in [-0.2, 0) is 6.42 Å². The Kier molecular flexibility index (Phi) is 4.57. The van der Waals surface area contributed by atoms with E-state index in [1.165, 1.54) is 12.5 Å². The molecular formula is C19H16F2N2O. The third-order valence-corrected chi connectivity index (χ3v) is 3.92. The molecule has 122 valence electrons. The van der Waals surface area contributed by atoms with Gasteiger partial charge in [-0.2, -0.15) is 5.26 Å². The maximum Gasteiger partial charge on any atom is 0.227 e. The molecule has 0 saturated carbocycles. The fraction of sp³-hybridized carbons (Fsp3) is 0.263. The number of rotatable bonds is 5. The van der Waals surface area contributed by atoms with Crippen molar-refractivity contribution in [1.29, 1.82) is 5.26 Å². The second-order valence-corrected chi connectivity index (χ2v) is 5.70. The van der Waals surface area contributed by atoms with Gasteiger partial charge in [0.1, 0.15) is 28.8 Å². The summed E-state index contributed by atoms with van der Waals surface area (Å²) in [5.41, 5.74) is 1.95. The molecule has 1 heterocycles. The number of aryl methyl sites for hydroxylation is 1. The van der Waals surface area contributed by atoms with Crippen molar-refractivity contribution in [3.8, 4) is 17.5 Å². The summed E-state index contributed by atoms with van der Waals surface area (Å²) in [6.07, 6.45) is 4.41. The van der Waals surface area contributed by atoms with E-state index in [-0.39, 0.29) is 11.5 Å². The lowest BCUT2D eigenvalue weighted by atomic mass is 10.1. The minimum atomic E-state index is -0.921. The minimum Gasteiger partial charge on any atom is -0.436 e. The molecule has 0 saturated heterocycles. The molecule has 3 nitrogen and oxygen atoms in total. The number of hydrogen-bond acceptors (Lipinski definition) is 3. The van der Waals surface area contributed by atoms with Crippen molar-refractivity contribution in [2.24, 2.45) is 0 Å². The first-order valence-corrected chi connectivity index (χ1v) is 7.91. The number of halogens is 2. The van der Waals surface area contributed by atoms with Crippen LogP contribution in [0.25, 0.3) is 22.6 Å². The van der Waals surface area contributed by atoms with Crippen LogP contribution in [0.4, 0.5) is 8.78 Å². The van der Waals surface area contributed by atoms with E-state index in [1.54, 1.807) is 0 Å². The molecule has 0 amide bonds. The summed E-state index contributed by atoms with van der Waals surface area (Å²) in [4.78, 5) is 4.33. The molecule has 0 bridgehead atoms. The van der Waals surface area contributed by atoms with Gasteiger partial charge >= 0.3 is 0 Å². The molecule has 5 heteroatoms. The molecule has 3 aromatic rings. The zero-order valence-electron chi connectivity index (χ0n) is 13.3. The van der Waals surface area contributed by atoms with Crippen molar-refractivity contribution < 1.29 is 13.2 Å². The van der Waals surface area contributed by atoms with Gasteiger partial charge < -0.3 is 4.42 Å². The maximum absolute atomic E-state index is 13.8. The summed E-state index contributed by atoms with van der Waals surface area (Å²) in [6.45, 7) is 2.16. The predicted octanol–water partition coefficient (Wildman–Crippen LogP) is 5.38. The first-order chi connectivity index (χ1) is 11.6. The van der Waals surface area contributed by atoms with Gasteiger partial charge in [0, 0.05) is 5.56 Å². The fourth-order valence-electron chi connectivity index (χ4n) is 2.63. The van der Waals surface area contributed by atoms with Gasteiger partial charge in [-0.15, -0.1) is 0 Å². The van der Waals surface area contributed by atoms with Crippen LogP contribution in [0.3, 0.4) is 0 Å². The Balaban J connectivity index is 1.95. The molecule has 0 radical (unpaired) electrons. The Morgan fingerprint density at radius 3 is 2.54 bits per heavy atom. The normalized spacial score (nSPS) is 10.9. The molecule has 3 rings (SSSR count). The highest BCUT2D eigenvalue weighted by molar-refractivity contribution is 5.77. The van der Waals surface area contributed by atoms with E-state index < -0.39 is 17.2 Å². The van der Waals surface area contributed by atoms with E-state index in [4.69, 9.17) is 9.68 Å². The van der Waals surface area contributed by atoms with Crippen LogP contribution < -0.4 is 0 Å². The van der Waals surface area contributed by atoms with Crippen LogP contribution in [-0.4, -0.2) is 4.98 Å². The van der Waals surface area contributed by atoms with E-state index >= 15 is 0 Å². The summed E-state index contributed by atoms with van der Waals surface area (Å²) in [6, 6.07) is 9.37. The van der Waals surface area contributed by atoms with E-state index in [1.807, 2.05) is 18.2 Å². The first kappa shape index (κ1) is 16.1. The predicted molar refractivity (Wildman–Crippen MR) is 87.3 cm³/mol. The third-order valence-electron chi connectivity index (χ3n) is 3.92. The topological polar surface area (TPSA) is 49.8 Å². The fourth-order valence-corrected chi connectivity index (χ4v) is 2.63. The zero-order valence-corrected chi connectivity index (χ0v) is 13.3. The quantitative estimate of drug-likeness (QED) is 0.592. The van der Waals surface area contributed by atoms with Crippen LogP contribution in [0.2, 0.25) is 0 Å². The van der Waals surface area contributed by atoms with Gasteiger partial charge in [0.25, 0.3) is 0 Å². The van der Waals surface area contributed by atoms with Gasteiger partial charge in [-0.3, -0.25) is 0 Å². The van der Waals surface area contributed by atoms with Gasteiger partial charge in [-0.05, 0) is 42.7 Å². The molecule has 0 aliphatic rings. The maximum atomic E-state index is 13.8. The molecule has 24 heavy (non-hydrogen) atoms. The first-order valence-electron chi connectivity index (χ1n) is 7.91. The lowest BCUT2D eigenvalue weighted by Gasteiger charge is -1.99. The minimum absolute atomic E-state index is 0.137. The zero-order chi connectivity index (χ0) is 17.1. The van der Waals surface area contributed by atoms with Gasteiger partial charge in [-0.25, -0.2) is 13.8 Å². The van der Waals surface area contributed by atoms with Crippen LogP contribution in [0.1, 0.15) is 37.3 Å². The van der Waals surface area contributed by atoms with Gasteiger partial charge in [0.2, 0.25) is 5.89 Å². The number of unbranched alkanes of at least 4 members (excludes halogenated alkanes) is 2. The number of oxazole rings is 1. The third kappa shape index (κ3) is 3.13. The Labute approximate surface area is 138 Å². The molecule has 0 atom stereocenters. The smallest absolute Gasteiger partial charge is 0.227 e. The van der Waals surface area contributed by atoms with Crippen molar-refractivity contribution in [3.63, 3.8) is 0 Å². The number of benzene rings is 2. The molecule has 0 aliphatic heterocycles. The molecule has 1 aromatic heterocycles. The van der Waals surface area contributed by atoms with Crippen LogP contribution in [0.15, 0.2) is 34.7 Å². The number of fused-ring (bicyclic) bond motifs is 1. The van der Waals surface area contributed by atoms with Crippen molar-refractivity contribution in [2.75, 3.05) is 0 Å². The highest BCUT2D eigenvalue weighted by Crippen LogP contribution is 2.27. The largest absolute Gasteiger partial charge is 0.436 e. The summed E-state index contributed by atoms with van der Waals surface area (Å²) < 4.78 is 33.1. The van der Waals surface area contributed by atoms with E-state index in [0.29, 0.717) is 11.1 Å². The molecule has 2 aromatic carbocycles. The van der Waals surface area contributed by atoms with Gasteiger partial charge in [-0.1, -0.05) is 25.8 Å². The number of nitrogens with zero attached hydrogens (tertiary/aromatic N) is 2. The highest BCUT2D eigenvalue weighted by Gasteiger charge is 2.15. The summed E-state index contributed by atoms with van der Waals surface area (Å²) in [7, 11) is 0. The molecular weight excluding hydrogens is 310 g/mol. The Hall–Kier alpha value is -2.74. The molecule has 0 fully saturated rings. The summed E-state index contributed by atoms with van der Waals surface area (Å²) in [5, 5.41) is 8.73. The van der Waals surface area contributed by atoms with Crippen molar-refractivity contribution in [2.45, 2.75) is 32.6 Å². The van der Waals surface area contributed by atoms with Crippen molar-refractivity contribution in [3.05, 3.63) is 53.1 Å². The van der Waals surface area contributed by atoms with Gasteiger partial charge in [0.15, 0.2) is 5.58 Å². The molecule has 0 unspecified atom stereocenters. The highest BCUT2D eigenvalue weighted by atomic mass is 19.1. The number of hydrogen-bond donors (Lipinski definition) is 0. The van der Waals surface area contributed by atoms with E-state index in [9.17, 15) is 8.78 Å². The van der Waals surface area contributed by atoms with Crippen molar-refractivity contribution >= 4 is 11.1 Å².